The molecule has 1 saturated carbocycles. The number of aliphatic hydroxyl groups is 1. The first kappa shape index (κ1) is 30.0. The zero-order chi connectivity index (χ0) is 30.7. The Balaban J connectivity index is 1.12. The number of likely N-dealkylation sites (tertiary alicyclic amines) is 1. The summed E-state index contributed by atoms with van der Waals surface area (Å²) in [4.78, 5) is 29.3. The summed E-state index contributed by atoms with van der Waals surface area (Å²) in [5, 5.41) is 20.5. The number of carbonyl (C=O) groups is 2. The normalized spacial score (nSPS) is 28.9. The average molecular weight is 605 g/mol. The van der Waals surface area contributed by atoms with E-state index in [1.165, 1.54) is 30.0 Å². The molecule has 11 heteroatoms. The first-order valence-corrected chi connectivity index (χ1v) is 14.9. The van der Waals surface area contributed by atoms with Crippen LogP contribution in [0, 0.1) is 11.7 Å². The summed E-state index contributed by atoms with van der Waals surface area (Å²) in [6.07, 6.45) is -0.0422. The molecule has 43 heavy (non-hydrogen) atoms. The van der Waals surface area contributed by atoms with E-state index in [4.69, 9.17) is 4.74 Å². The van der Waals surface area contributed by atoms with Crippen LogP contribution < -0.4 is 0 Å². The number of hydrogen-bond donors (Lipinski definition) is 2. The molecule has 2 aromatic rings. The number of benzene rings is 2. The number of carbonyl (C=O) groups excluding carboxylic acids is 1. The van der Waals surface area contributed by atoms with E-state index in [2.05, 4.69) is 4.90 Å². The van der Waals surface area contributed by atoms with Gasteiger partial charge in [0.2, 0.25) is 0 Å². The lowest BCUT2D eigenvalue weighted by Crippen LogP contribution is -2.60. The highest BCUT2D eigenvalue weighted by atomic mass is 19.4. The van der Waals surface area contributed by atoms with Gasteiger partial charge in [0.1, 0.15) is 17.0 Å². The van der Waals surface area contributed by atoms with Gasteiger partial charge in [0, 0.05) is 12.6 Å². The molecule has 2 aromatic carbocycles. The Bertz CT molecular complexity index is 1410. The van der Waals surface area contributed by atoms with E-state index in [9.17, 15) is 37.4 Å². The predicted octanol–water partition coefficient (Wildman–Crippen LogP) is 5.30. The molecule has 0 bridgehead atoms. The molecule has 0 aromatic heterocycles. The van der Waals surface area contributed by atoms with Crippen LogP contribution in [0.25, 0.3) is 0 Å². The number of rotatable bonds is 5. The molecule has 2 saturated heterocycles. The number of aromatic carboxylic acids is 1. The van der Waals surface area contributed by atoms with Crippen LogP contribution in [0.1, 0.15) is 84.0 Å². The SMILES string of the molecule is C[C@]1(O)CN(C(=O)[C@@]2(C3CC3)CCC(N3CCC(c4ccc(F)c(C(=O)O)c4)CC3)CO2)Cc2cc(C(F)(F)F)ccc21. The van der Waals surface area contributed by atoms with Crippen molar-refractivity contribution in [2.24, 2.45) is 5.92 Å². The summed E-state index contributed by atoms with van der Waals surface area (Å²) >= 11 is 0. The summed E-state index contributed by atoms with van der Waals surface area (Å²) in [6.45, 7) is 3.36. The van der Waals surface area contributed by atoms with Gasteiger partial charge in [-0.05, 0) is 111 Å². The maximum absolute atomic E-state index is 14.1. The van der Waals surface area contributed by atoms with Gasteiger partial charge < -0.3 is 19.8 Å². The molecule has 0 spiro atoms. The molecular weight excluding hydrogens is 568 g/mol. The van der Waals surface area contributed by atoms with Gasteiger partial charge in [-0.2, -0.15) is 13.2 Å². The Morgan fingerprint density at radius 1 is 1.02 bits per heavy atom. The third kappa shape index (κ3) is 5.67. The van der Waals surface area contributed by atoms with Crippen molar-refractivity contribution < 1.29 is 42.1 Å². The highest BCUT2D eigenvalue weighted by Gasteiger charge is 2.56. The number of nitrogens with zero attached hydrogens (tertiary/aromatic N) is 2. The molecule has 1 amide bonds. The van der Waals surface area contributed by atoms with Crippen molar-refractivity contribution in [1.82, 2.24) is 9.80 Å². The number of carboxylic acids is 1. The Hall–Kier alpha value is -3.02. The smallest absolute Gasteiger partial charge is 0.416 e. The van der Waals surface area contributed by atoms with Gasteiger partial charge in [-0.15, -0.1) is 0 Å². The second-order valence-corrected chi connectivity index (χ2v) is 12.8. The van der Waals surface area contributed by atoms with Crippen LogP contribution in [0.3, 0.4) is 0 Å². The second-order valence-electron chi connectivity index (χ2n) is 12.8. The maximum Gasteiger partial charge on any atom is 0.416 e. The molecule has 232 valence electrons. The number of amides is 1. The molecule has 3 aliphatic heterocycles. The van der Waals surface area contributed by atoms with Crippen molar-refractivity contribution >= 4 is 11.9 Å². The van der Waals surface area contributed by atoms with E-state index in [1.807, 2.05) is 0 Å². The minimum absolute atomic E-state index is 0.0179. The van der Waals surface area contributed by atoms with E-state index < -0.39 is 34.7 Å². The standard InChI is InChI=1S/C32H36F4N2O5/c1-30(42)18-38(16-21-14-23(32(34,35)36)5-6-26(21)30)29(41)31(22-3-4-22)11-8-24(17-43-31)37-12-9-19(10-13-37)20-2-7-27(33)25(15-20)28(39)40/h2,5-7,14-15,19,22,24,42H,3-4,8-13,16-18H2,1H3,(H,39,40)/t24?,30-,31-/m0/s1. The molecule has 3 heterocycles. The average Bonchev–Trinajstić information content (AvgIpc) is 3.82. The fourth-order valence-electron chi connectivity index (χ4n) is 7.40. The fourth-order valence-corrected chi connectivity index (χ4v) is 7.40. The van der Waals surface area contributed by atoms with E-state index in [1.54, 1.807) is 6.07 Å². The van der Waals surface area contributed by atoms with E-state index in [0.717, 1.165) is 62.9 Å². The van der Waals surface area contributed by atoms with Gasteiger partial charge in [-0.25, -0.2) is 9.18 Å². The third-order valence-electron chi connectivity index (χ3n) is 9.88. The maximum atomic E-state index is 14.1. The van der Waals surface area contributed by atoms with Crippen LogP contribution in [0.15, 0.2) is 36.4 Å². The number of alkyl halides is 3. The van der Waals surface area contributed by atoms with E-state index >= 15 is 0 Å². The minimum atomic E-state index is -4.53. The van der Waals surface area contributed by atoms with Gasteiger partial charge in [0.25, 0.3) is 5.91 Å². The van der Waals surface area contributed by atoms with Gasteiger partial charge in [0.05, 0.1) is 24.3 Å². The number of fused-ring (bicyclic) bond motifs is 1. The van der Waals surface area contributed by atoms with Crippen molar-refractivity contribution in [3.63, 3.8) is 0 Å². The van der Waals surface area contributed by atoms with E-state index in [-0.39, 0.29) is 42.4 Å². The van der Waals surface area contributed by atoms with Crippen LogP contribution in [0.5, 0.6) is 0 Å². The first-order valence-electron chi connectivity index (χ1n) is 14.9. The second kappa shape index (κ2) is 10.9. The monoisotopic (exact) mass is 604 g/mol. The molecule has 1 unspecified atom stereocenters. The highest BCUT2D eigenvalue weighted by molar-refractivity contribution is 5.88. The van der Waals surface area contributed by atoms with Crippen LogP contribution in [0.2, 0.25) is 0 Å². The number of halogens is 4. The highest BCUT2D eigenvalue weighted by Crippen LogP contribution is 2.49. The van der Waals surface area contributed by atoms with Gasteiger partial charge in [0.15, 0.2) is 0 Å². The third-order valence-corrected chi connectivity index (χ3v) is 9.88. The lowest BCUT2D eigenvalue weighted by Gasteiger charge is -2.48. The number of carboxylic acid groups (broad SMARTS) is 1. The number of β-amino-alcohol motifs (C(OH)–C–C–N with tert-alkyl or cyclic N) is 1. The van der Waals surface area contributed by atoms with Crippen LogP contribution in [-0.4, -0.2) is 69.8 Å². The zero-order valence-electron chi connectivity index (χ0n) is 24.0. The number of ether oxygens (including phenoxy) is 1. The summed E-state index contributed by atoms with van der Waals surface area (Å²) in [5.41, 5.74) is -2.16. The zero-order valence-corrected chi connectivity index (χ0v) is 24.0. The number of hydrogen-bond acceptors (Lipinski definition) is 5. The Morgan fingerprint density at radius 2 is 1.74 bits per heavy atom. The van der Waals surface area contributed by atoms with Crippen molar-refractivity contribution in [3.05, 3.63) is 70.0 Å². The lowest BCUT2D eigenvalue weighted by atomic mass is 9.81. The largest absolute Gasteiger partial charge is 0.478 e. The van der Waals surface area contributed by atoms with Gasteiger partial charge in [-0.3, -0.25) is 9.69 Å². The predicted molar refractivity (Wildman–Crippen MR) is 148 cm³/mol. The van der Waals surface area contributed by atoms with Gasteiger partial charge >= 0.3 is 12.1 Å². The molecule has 0 radical (unpaired) electrons. The minimum Gasteiger partial charge on any atom is -0.478 e. The molecule has 6 rings (SSSR count). The molecule has 3 fully saturated rings. The van der Waals surface area contributed by atoms with Crippen LogP contribution >= 0.6 is 0 Å². The molecule has 4 aliphatic rings. The van der Waals surface area contributed by atoms with Crippen molar-refractivity contribution in [1.29, 1.82) is 0 Å². The summed E-state index contributed by atoms with van der Waals surface area (Å²) in [6, 6.07) is 7.70. The molecular formula is C32H36F4N2O5. The Morgan fingerprint density at radius 3 is 2.35 bits per heavy atom. The van der Waals surface area contributed by atoms with Crippen LogP contribution in [-0.2, 0) is 27.9 Å². The van der Waals surface area contributed by atoms with Crippen LogP contribution in [0.4, 0.5) is 17.6 Å². The molecule has 3 atom stereocenters. The Kier molecular flexibility index (Phi) is 7.58. The van der Waals surface area contributed by atoms with E-state index in [0.29, 0.717) is 24.2 Å². The summed E-state index contributed by atoms with van der Waals surface area (Å²) in [7, 11) is 0. The fraction of sp³-hybridized carbons (Fsp3) is 0.562. The lowest BCUT2D eigenvalue weighted by molar-refractivity contribution is -0.180. The summed E-state index contributed by atoms with van der Waals surface area (Å²) < 4.78 is 60.6. The van der Waals surface area contributed by atoms with Gasteiger partial charge in [-0.1, -0.05) is 12.1 Å². The quantitative estimate of drug-likeness (QED) is 0.451. The van der Waals surface area contributed by atoms with Crippen molar-refractivity contribution in [3.8, 4) is 0 Å². The Labute approximate surface area is 247 Å². The first-order chi connectivity index (χ1) is 20.3. The summed E-state index contributed by atoms with van der Waals surface area (Å²) in [5.74, 6) is -2.12. The topological polar surface area (TPSA) is 90.3 Å². The molecule has 1 aliphatic carbocycles. The van der Waals surface area contributed by atoms with Crippen molar-refractivity contribution in [2.75, 3.05) is 26.2 Å². The van der Waals surface area contributed by atoms with Crippen molar-refractivity contribution in [2.45, 2.75) is 81.3 Å². The molecule has 2 N–H and O–H groups in total. The number of piperidine rings is 1. The molecule has 7 nitrogen and oxygen atoms in total.